The van der Waals surface area contributed by atoms with E-state index in [4.69, 9.17) is 10.6 Å². The molecule has 0 spiro atoms. The first-order chi connectivity index (χ1) is 16.4. The second kappa shape index (κ2) is 9.09. The summed E-state index contributed by atoms with van der Waals surface area (Å²) in [5.41, 5.74) is 7.57. The summed E-state index contributed by atoms with van der Waals surface area (Å²) in [7, 11) is 0. The number of rotatable bonds is 5. The van der Waals surface area contributed by atoms with E-state index in [1.807, 2.05) is 4.68 Å². The lowest BCUT2D eigenvalue weighted by molar-refractivity contribution is -0.183. The molecule has 1 aromatic carbocycles. The Morgan fingerprint density at radius 2 is 1.76 bits per heavy atom. The normalized spacial score (nSPS) is 22.9. The van der Waals surface area contributed by atoms with Gasteiger partial charge in [0.1, 0.15) is 17.2 Å². The molecular weight excluding hydrogens is 444 g/mol. The molecule has 1 saturated carbocycles. The molecule has 8 nitrogen and oxygen atoms in total. The van der Waals surface area contributed by atoms with Crippen LogP contribution in [0.3, 0.4) is 0 Å². The summed E-state index contributed by atoms with van der Waals surface area (Å²) in [5.74, 6) is -1.89. The maximum absolute atomic E-state index is 13.7. The van der Waals surface area contributed by atoms with E-state index in [-0.39, 0.29) is 11.8 Å². The molecule has 34 heavy (non-hydrogen) atoms. The number of aromatic nitrogens is 3. The Labute approximate surface area is 194 Å². The third kappa shape index (κ3) is 4.37. The average molecular weight is 469 g/mol. The van der Waals surface area contributed by atoms with E-state index >= 15 is 0 Å². The van der Waals surface area contributed by atoms with Crippen molar-refractivity contribution in [1.82, 2.24) is 19.8 Å². The molecule has 2 N–H and O–H groups in total. The van der Waals surface area contributed by atoms with Gasteiger partial charge in [0.25, 0.3) is 0 Å². The summed E-state index contributed by atoms with van der Waals surface area (Å²) < 4.78 is 29.2. The summed E-state index contributed by atoms with van der Waals surface area (Å²) in [5, 5.41) is 5.73. The molecule has 2 fully saturated rings. The highest BCUT2D eigenvalue weighted by molar-refractivity contribution is 5.95. The molecule has 0 bridgehead atoms. The highest BCUT2D eigenvalue weighted by atomic mass is 19.1. The smallest absolute Gasteiger partial charge is 0.250 e. The third-order valence-electron chi connectivity index (χ3n) is 6.80. The SMILES string of the molecule is NC(=O)c1cnc2cnn(C[C@H]3CC[C@H](C(=O)N4OCC[C@H]4c4cc(F)cc(F)c4)CC3)c2c1. The Bertz CT molecular complexity index is 1220. The van der Waals surface area contributed by atoms with Crippen molar-refractivity contribution in [3.8, 4) is 0 Å². The van der Waals surface area contributed by atoms with Gasteiger partial charge in [-0.15, -0.1) is 0 Å². The number of halogens is 2. The maximum Gasteiger partial charge on any atom is 0.250 e. The van der Waals surface area contributed by atoms with Crippen molar-refractivity contribution < 1.29 is 23.2 Å². The number of amides is 2. The Hall–Kier alpha value is -3.40. The topological polar surface area (TPSA) is 103 Å². The van der Waals surface area contributed by atoms with Crippen molar-refractivity contribution in [2.75, 3.05) is 6.61 Å². The molecule has 0 radical (unpaired) electrons. The number of benzene rings is 1. The number of nitrogens with two attached hydrogens (primary N) is 1. The minimum Gasteiger partial charge on any atom is -0.366 e. The molecule has 178 valence electrons. The summed E-state index contributed by atoms with van der Waals surface area (Å²) >= 11 is 0. The van der Waals surface area contributed by atoms with Gasteiger partial charge in [-0.3, -0.25) is 24.1 Å². The molecule has 2 amide bonds. The minimum absolute atomic E-state index is 0.134. The van der Waals surface area contributed by atoms with E-state index in [0.29, 0.717) is 55.0 Å². The van der Waals surface area contributed by atoms with Crippen LogP contribution in [0.25, 0.3) is 11.0 Å². The monoisotopic (exact) mass is 469 g/mol. The standard InChI is InChI=1S/C24H25F2N5O3/c25-18-7-16(8-19(26)10-18)21-5-6-34-31(21)24(33)15-3-1-14(2-4-15)13-30-22-9-17(23(27)32)11-28-20(22)12-29-30/h7-12,14-15,21H,1-6,13H2,(H2,27,32)/t14-,15-,21-/m0/s1. The molecule has 3 aromatic rings. The molecule has 1 saturated heterocycles. The highest BCUT2D eigenvalue weighted by Gasteiger charge is 2.37. The third-order valence-corrected chi connectivity index (χ3v) is 6.80. The molecule has 10 heteroatoms. The average Bonchev–Trinajstić information content (AvgIpc) is 3.46. The van der Waals surface area contributed by atoms with Crippen molar-refractivity contribution in [2.24, 2.45) is 17.6 Å². The van der Waals surface area contributed by atoms with Gasteiger partial charge in [0.2, 0.25) is 11.8 Å². The Balaban J connectivity index is 1.23. The zero-order valence-corrected chi connectivity index (χ0v) is 18.5. The van der Waals surface area contributed by atoms with Gasteiger partial charge in [-0.1, -0.05) is 0 Å². The predicted molar refractivity (Wildman–Crippen MR) is 118 cm³/mol. The first kappa shape index (κ1) is 22.4. The number of primary amides is 1. The minimum atomic E-state index is -0.667. The summed E-state index contributed by atoms with van der Waals surface area (Å²) in [6.45, 7) is 0.983. The van der Waals surface area contributed by atoms with E-state index in [1.165, 1.54) is 23.4 Å². The number of carbonyl (C=O) groups excluding carboxylic acids is 2. The number of fused-ring (bicyclic) bond motifs is 1. The molecule has 1 atom stereocenters. The Morgan fingerprint density at radius 1 is 1.03 bits per heavy atom. The van der Waals surface area contributed by atoms with Gasteiger partial charge in [-0.2, -0.15) is 5.10 Å². The maximum atomic E-state index is 13.7. The lowest BCUT2D eigenvalue weighted by atomic mass is 9.81. The highest BCUT2D eigenvalue weighted by Crippen LogP contribution is 2.37. The van der Waals surface area contributed by atoms with Crippen LogP contribution in [0, 0.1) is 23.5 Å². The molecule has 1 aliphatic carbocycles. The number of pyridine rings is 1. The lowest BCUT2D eigenvalue weighted by Gasteiger charge is -2.32. The largest absolute Gasteiger partial charge is 0.366 e. The van der Waals surface area contributed by atoms with Crippen molar-refractivity contribution in [2.45, 2.75) is 44.7 Å². The van der Waals surface area contributed by atoms with Crippen LogP contribution in [0.5, 0.6) is 0 Å². The van der Waals surface area contributed by atoms with Crippen molar-refractivity contribution >= 4 is 22.8 Å². The van der Waals surface area contributed by atoms with E-state index in [1.54, 1.807) is 12.3 Å². The van der Waals surface area contributed by atoms with Gasteiger partial charge < -0.3 is 5.73 Å². The first-order valence-corrected chi connectivity index (χ1v) is 11.4. The second-order valence-corrected chi connectivity index (χ2v) is 9.04. The fourth-order valence-corrected chi connectivity index (χ4v) is 5.01. The molecule has 1 aliphatic heterocycles. The summed E-state index contributed by atoms with van der Waals surface area (Å²) in [4.78, 5) is 34.5. The van der Waals surface area contributed by atoms with Crippen LogP contribution in [0.1, 0.15) is 54.1 Å². The van der Waals surface area contributed by atoms with Crippen molar-refractivity contribution in [3.63, 3.8) is 0 Å². The second-order valence-electron chi connectivity index (χ2n) is 9.04. The van der Waals surface area contributed by atoms with Crippen LogP contribution in [0.2, 0.25) is 0 Å². The fourth-order valence-electron chi connectivity index (χ4n) is 5.01. The first-order valence-electron chi connectivity index (χ1n) is 11.4. The number of hydrogen-bond donors (Lipinski definition) is 1. The van der Waals surface area contributed by atoms with Crippen LogP contribution in [0.15, 0.2) is 36.7 Å². The number of nitrogens with zero attached hydrogens (tertiary/aromatic N) is 4. The van der Waals surface area contributed by atoms with Crippen LogP contribution in [-0.2, 0) is 16.2 Å². The zero-order chi connectivity index (χ0) is 23.8. The lowest BCUT2D eigenvalue weighted by Crippen LogP contribution is -2.37. The van der Waals surface area contributed by atoms with Crippen LogP contribution in [0.4, 0.5) is 8.78 Å². The molecular formula is C24H25F2N5O3. The number of carbonyl (C=O) groups is 2. The van der Waals surface area contributed by atoms with Gasteiger partial charge in [-0.05, 0) is 55.4 Å². The number of hydrogen-bond acceptors (Lipinski definition) is 5. The quantitative estimate of drug-likeness (QED) is 0.616. The van der Waals surface area contributed by atoms with E-state index < -0.39 is 23.6 Å². The van der Waals surface area contributed by atoms with Gasteiger partial charge in [-0.25, -0.2) is 13.8 Å². The molecule has 2 aromatic heterocycles. The van der Waals surface area contributed by atoms with Gasteiger partial charge in [0, 0.05) is 31.1 Å². The molecule has 5 rings (SSSR count). The number of hydroxylamine groups is 2. The van der Waals surface area contributed by atoms with E-state index in [0.717, 1.165) is 24.4 Å². The van der Waals surface area contributed by atoms with Gasteiger partial charge >= 0.3 is 0 Å². The van der Waals surface area contributed by atoms with Crippen molar-refractivity contribution in [1.29, 1.82) is 0 Å². The Kier molecular flexibility index (Phi) is 5.99. The van der Waals surface area contributed by atoms with Crippen molar-refractivity contribution in [3.05, 3.63) is 59.4 Å². The fraction of sp³-hybridized carbons (Fsp3) is 0.417. The Morgan fingerprint density at radius 3 is 2.47 bits per heavy atom. The van der Waals surface area contributed by atoms with E-state index in [2.05, 4.69) is 10.1 Å². The van der Waals surface area contributed by atoms with Gasteiger partial charge in [0.05, 0.1) is 29.9 Å². The molecule has 2 aliphatic rings. The summed E-state index contributed by atoms with van der Waals surface area (Å²) in [6.07, 6.45) is 6.64. The van der Waals surface area contributed by atoms with Crippen LogP contribution < -0.4 is 5.73 Å². The van der Waals surface area contributed by atoms with Crippen LogP contribution in [-0.4, -0.2) is 38.2 Å². The van der Waals surface area contributed by atoms with Crippen LogP contribution >= 0.6 is 0 Å². The summed E-state index contributed by atoms with van der Waals surface area (Å²) in [6, 6.07) is 4.55. The predicted octanol–water partition coefficient (Wildman–Crippen LogP) is 3.52. The zero-order valence-electron chi connectivity index (χ0n) is 18.5. The molecule has 0 unspecified atom stereocenters. The van der Waals surface area contributed by atoms with E-state index in [9.17, 15) is 18.4 Å². The van der Waals surface area contributed by atoms with Gasteiger partial charge in [0.15, 0.2) is 0 Å². The molecule has 3 heterocycles.